The van der Waals surface area contributed by atoms with Gasteiger partial charge in [0.25, 0.3) is 0 Å². The molecule has 72 valence electrons. The Morgan fingerprint density at radius 3 is 2.54 bits per heavy atom. The first-order chi connectivity index (χ1) is 6.34. The average molecular weight is 178 g/mol. The fraction of sp³-hybridized carbons (Fsp3) is 0.545. The summed E-state index contributed by atoms with van der Waals surface area (Å²) in [5.41, 5.74) is 1.46. The van der Waals surface area contributed by atoms with E-state index in [1.807, 2.05) is 0 Å². The van der Waals surface area contributed by atoms with Gasteiger partial charge in [-0.2, -0.15) is 0 Å². The van der Waals surface area contributed by atoms with Crippen LogP contribution in [0.5, 0.6) is 0 Å². The lowest BCUT2D eigenvalue weighted by Crippen LogP contribution is -3.04. The highest BCUT2D eigenvalue weighted by atomic mass is 15.1. The van der Waals surface area contributed by atoms with E-state index < -0.39 is 0 Å². The minimum Gasteiger partial charge on any atom is -0.512 e. The third-order valence-electron chi connectivity index (χ3n) is 2.20. The van der Waals surface area contributed by atoms with Gasteiger partial charge in [-0.05, 0) is 25.0 Å². The number of quaternary nitrogens is 1. The smallest absolute Gasteiger partial charge is 0.109 e. The van der Waals surface area contributed by atoms with Crippen LogP contribution in [-0.4, -0.2) is 6.54 Å². The van der Waals surface area contributed by atoms with E-state index in [-0.39, 0.29) is 0 Å². The second-order valence-corrected chi connectivity index (χ2v) is 3.19. The topological polar surface area (TPSA) is 28.2 Å². The molecule has 1 heterocycles. The van der Waals surface area contributed by atoms with Crippen LogP contribution in [0.15, 0.2) is 24.0 Å². The molecule has 0 spiro atoms. The van der Waals surface area contributed by atoms with E-state index in [1.165, 1.54) is 31.5 Å². The number of nitrogens with one attached hydrogen (secondary N) is 1. The van der Waals surface area contributed by atoms with Crippen molar-refractivity contribution in [2.75, 3.05) is 6.54 Å². The molecule has 0 fully saturated rings. The number of unbranched alkanes of at least 4 members (excludes halogenated alkanes) is 2. The first kappa shape index (κ1) is 11.9. The van der Waals surface area contributed by atoms with Crippen molar-refractivity contribution in [1.29, 1.82) is 5.26 Å². The molecule has 0 aromatic rings. The lowest BCUT2D eigenvalue weighted by Gasteiger charge is -2.10. The summed E-state index contributed by atoms with van der Waals surface area (Å²) in [4.78, 5) is 1.54. The highest BCUT2D eigenvalue weighted by molar-refractivity contribution is 5.08. The normalized spacial score (nSPS) is 19.1. The summed E-state index contributed by atoms with van der Waals surface area (Å²) < 4.78 is 0. The Kier molecular flexibility index (Phi) is 6.95. The molecule has 0 amide bonds. The van der Waals surface area contributed by atoms with Crippen LogP contribution in [0.25, 0.3) is 0 Å². The molecule has 0 bridgehead atoms. The summed E-state index contributed by atoms with van der Waals surface area (Å²) in [6.07, 6.45) is 10.6. The second-order valence-electron chi connectivity index (χ2n) is 3.19. The molecule has 1 aliphatic rings. The quantitative estimate of drug-likeness (QED) is 0.514. The van der Waals surface area contributed by atoms with Crippen LogP contribution in [0.3, 0.4) is 0 Å². The van der Waals surface area contributed by atoms with Gasteiger partial charge < -0.3 is 11.8 Å². The highest BCUT2D eigenvalue weighted by Crippen LogP contribution is 1.93. The number of rotatable bonds is 4. The third kappa shape index (κ3) is 4.49. The van der Waals surface area contributed by atoms with Crippen molar-refractivity contribution >= 4 is 0 Å². The largest absolute Gasteiger partial charge is 0.512 e. The lowest BCUT2D eigenvalue weighted by atomic mass is 10.2. The molecule has 1 atom stereocenters. The molecule has 0 saturated heterocycles. The Hall–Kier alpha value is -1.07. The van der Waals surface area contributed by atoms with Crippen molar-refractivity contribution in [3.63, 3.8) is 0 Å². The molecule has 1 rings (SSSR count). The molecule has 1 aliphatic heterocycles. The minimum absolute atomic E-state index is 1.27. The van der Waals surface area contributed by atoms with Crippen LogP contribution in [-0.2, 0) is 0 Å². The van der Waals surface area contributed by atoms with Crippen molar-refractivity contribution in [3.05, 3.63) is 30.6 Å². The van der Waals surface area contributed by atoms with Gasteiger partial charge in [-0.15, -0.1) is 0 Å². The van der Waals surface area contributed by atoms with Gasteiger partial charge >= 0.3 is 0 Å². The predicted octanol–water partition coefficient (Wildman–Crippen LogP) is 1.59. The Labute approximate surface area is 81.2 Å². The summed E-state index contributed by atoms with van der Waals surface area (Å²) >= 11 is 0. The molecule has 0 aromatic heterocycles. The summed E-state index contributed by atoms with van der Waals surface area (Å²) in [6.45, 7) is 10.5. The summed E-state index contributed by atoms with van der Waals surface area (Å²) in [5, 5.41) is 6.25. The van der Waals surface area contributed by atoms with E-state index in [2.05, 4.69) is 32.2 Å². The standard InChI is InChI=1S/C10H17N.CN/c1-3-4-5-8-11-9-6-7-10(11)2;1-2/h6-7,9H,3-5,8H2,1-2H3;/q;-1/p+1. The summed E-state index contributed by atoms with van der Waals surface area (Å²) in [5.74, 6) is 0. The SMILES string of the molecule is CCCCC[NH+]1C=CC=C1C.[C-]#N. The van der Waals surface area contributed by atoms with Crippen LogP contribution >= 0.6 is 0 Å². The van der Waals surface area contributed by atoms with Crippen LogP contribution in [0.1, 0.15) is 33.1 Å². The van der Waals surface area contributed by atoms with Crippen LogP contribution in [0.2, 0.25) is 0 Å². The Morgan fingerprint density at radius 1 is 1.38 bits per heavy atom. The molecular formula is C11H18N2. The molecule has 0 radical (unpaired) electrons. The molecule has 0 aliphatic carbocycles. The molecular weight excluding hydrogens is 160 g/mol. The van der Waals surface area contributed by atoms with Gasteiger partial charge in [0.2, 0.25) is 0 Å². The van der Waals surface area contributed by atoms with Crippen molar-refractivity contribution in [1.82, 2.24) is 0 Å². The van der Waals surface area contributed by atoms with Gasteiger partial charge in [0.1, 0.15) is 5.70 Å². The Bertz CT molecular complexity index is 201. The maximum atomic E-state index is 6.25. The van der Waals surface area contributed by atoms with E-state index in [1.54, 1.807) is 4.90 Å². The van der Waals surface area contributed by atoms with Crippen LogP contribution in [0, 0.1) is 11.8 Å². The first-order valence-electron chi connectivity index (χ1n) is 4.78. The Morgan fingerprint density at radius 2 is 2.08 bits per heavy atom. The maximum Gasteiger partial charge on any atom is 0.109 e. The average Bonchev–Trinajstić information content (AvgIpc) is 2.56. The monoisotopic (exact) mass is 178 g/mol. The molecule has 13 heavy (non-hydrogen) atoms. The van der Waals surface area contributed by atoms with Crippen LogP contribution in [0.4, 0.5) is 0 Å². The van der Waals surface area contributed by atoms with Gasteiger partial charge in [0, 0.05) is 6.92 Å². The zero-order valence-corrected chi connectivity index (χ0v) is 8.51. The number of hydrogen-bond acceptors (Lipinski definition) is 1. The van der Waals surface area contributed by atoms with Gasteiger partial charge in [0.15, 0.2) is 0 Å². The van der Waals surface area contributed by atoms with Gasteiger partial charge in [-0.3, -0.25) is 4.90 Å². The second kappa shape index (κ2) is 7.57. The van der Waals surface area contributed by atoms with E-state index in [0.717, 1.165) is 0 Å². The van der Waals surface area contributed by atoms with E-state index in [0.29, 0.717) is 0 Å². The van der Waals surface area contributed by atoms with E-state index >= 15 is 0 Å². The predicted molar refractivity (Wildman–Crippen MR) is 53.2 cm³/mol. The fourth-order valence-electron chi connectivity index (χ4n) is 1.39. The summed E-state index contributed by atoms with van der Waals surface area (Å²) in [7, 11) is 0. The third-order valence-corrected chi connectivity index (χ3v) is 2.20. The molecule has 0 saturated carbocycles. The lowest BCUT2D eigenvalue weighted by molar-refractivity contribution is -0.802. The highest BCUT2D eigenvalue weighted by Gasteiger charge is 2.09. The van der Waals surface area contributed by atoms with Crippen LogP contribution < -0.4 is 4.90 Å². The number of hydrogen-bond donors (Lipinski definition) is 1. The van der Waals surface area contributed by atoms with Crippen molar-refractivity contribution in [2.45, 2.75) is 33.1 Å². The maximum absolute atomic E-state index is 6.25. The number of allylic oxidation sites excluding steroid dienone is 3. The molecule has 2 heteroatoms. The summed E-state index contributed by atoms with van der Waals surface area (Å²) in [6, 6.07) is 0. The first-order valence-corrected chi connectivity index (χ1v) is 4.78. The molecule has 1 N–H and O–H groups in total. The van der Waals surface area contributed by atoms with Gasteiger partial charge in [-0.25, -0.2) is 0 Å². The van der Waals surface area contributed by atoms with Gasteiger partial charge in [-0.1, -0.05) is 13.3 Å². The minimum atomic E-state index is 1.27. The van der Waals surface area contributed by atoms with Crippen molar-refractivity contribution in [2.24, 2.45) is 0 Å². The Balaban J connectivity index is 0.000000671. The molecule has 1 unspecified atom stereocenters. The van der Waals surface area contributed by atoms with E-state index in [9.17, 15) is 0 Å². The zero-order valence-electron chi connectivity index (χ0n) is 8.51. The van der Waals surface area contributed by atoms with Crippen molar-refractivity contribution in [3.8, 4) is 0 Å². The van der Waals surface area contributed by atoms with Crippen molar-refractivity contribution < 1.29 is 4.90 Å². The number of nitrogens with zero attached hydrogens (tertiary/aromatic N) is 1. The van der Waals surface area contributed by atoms with E-state index in [4.69, 9.17) is 11.8 Å². The van der Waals surface area contributed by atoms with Gasteiger partial charge in [0.05, 0.1) is 12.7 Å². The molecule has 2 nitrogen and oxygen atoms in total. The fourth-order valence-corrected chi connectivity index (χ4v) is 1.39. The zero-order chi connectivity index (χ0) is 10.1. The molecule has 0 aromatic carbocycles.